The first-order valence-corrected chi connectivity index (χ1v) is 11.9. The molecule has 0 atom stereocenters. The predicted octanol–water partition coefficient (Wildman–Crippen LogP) is 3.81. The smallest absolute Gasteiger partial charge is 0.270 e. The third-order valence-corrected chi connectivity index (χ3v) is 7.29. The molecule has 0 bridgehead atoms. The molecule has 3 aromatic rings. The molecule has 0 saturated heterocycles. The van der Waals surface area contributed by atoms with Crippen molar-refractivity contribution in [3.63, 3.8) is 0 Å². The largest absolute Gasteiger partial charge is 0.280 e. The Bertz CT molecular complexity index is 1350. The second-order valence-electron chi connectivity index (χ2n) is 6.79. The number of hydrogen-bond acceptors (Lipinski definition) is 6. The van der Waals surface area contributed by atoms with Crippen molar-refractivity contribution in [1.29, 1.82) is 0 Å². The highest BCUT2D eigenvalue weighted by atomic mass is 32.2. The molecular weight excluding hydrogens is 442 g/mol. The van der Waals surface area contributed by atoms with Crippen LogP contribution in [0.2, 0.25) is 0 Å². The number of nitro groups is 1. The van der Waals surface area contributed by atoms with Gasteiger partial charge >= 0.3 is 0 Å². The SMILES string of the molecule is Cc1ccc(NS(=O)(=O)c2ccc(NS(=O)(=O)c3cccc([N+](=O)[O-])c3)cc2)cc1C. The molecule has 31 heavy (non-hydrogen) atoms. The van der Waals surface area contributed by atoms with E-state index in [0.29, 0.717) is 5.69 Å². The highest BCUT2D eigenvalue weighted by Crippen LogP contribution is 2.23. The Morgan fingerprint density at radius 1 is 0.710 bits per heavy atom. The van der Waals surface area contributed by atoms with Gasteiger partial charge in [0.15, 0.2) is 0 Å². The van der Waals surface area contributed by atoms with E-state index in [0.717, 1.165) is 17.2 Å². The van der Waals surface area contributed by atoms with Crippen LogP contribution in [0.5, 0.6) is 0 Å². The van der Waals surface area contributed by atoms with Gasteiger partial charge in [0.1, 0.15) is 0 Å². The molecule has 0 saturated carbocycles. The van der Waals surface area contributed by atoms with E-state index in [9.17, 15) is 26.9 Å². The molecule has 3 aromatic carbocycles. The van der Waals surface area contributed by atoms with Gasteiger partial charge in [-0.2, -0.15) is 0 Å². The van der Waals surface area contributed by atoms with E-state index in [4.69, 9.17) is 0 Å². The van der Waals surface area contributed by atoms with Crippen molar-refractivity contribution in [1.82, 2.24) is 0 Å². The highest BCUT2D eigenvalue weighted by Gasteiger charge is 2.19. The Kier molecular flexibility index (Phi) is 6.00. The zero-order valence-electron chi connectivity index (χ0n) is 16.6. The molecule has 0 aliphatic rings. The van der Waals surface area contributed by atoms with Crippen LogP contribution in [0.1, 0.15) is 11.1 Å². The zero-order chi connectivity index (χ0) is 22.8. The number of non-ortho nitro benzene ring substituents is 1. The van der Waals surface area contributed by atoms with Gasteiger partial charge in [0, 0.05) is 23.5 Å². The first kappa shape index (κ1) is 22.2. The van der Waals surface area contributed by atoms with Crippen molar-refractivity contribution in [3.8, 4) is 0 Å². The number of aryl methyl sites for hydroxylation is 2. The Hall–Kier alpha value is -3.44. The Morgan fingerprint density at radius 3 is 1.90 bits per heavy atom. The van der Waals surface area contributed by atoms with E-state index in [1.807, 2.05) is 13.8 Å². The van der Waals surface area contributed by atoms with Crippen LogP contribution in [-0.4, -0.2) is 21.8 Å². The van der Waals surface area contributed by atoms with E-state index in [2.05, 4.69) is 9.44 Å². The van der Waals surface area contributed by atoms with Gasteiger partial charge in [0.2, 0.25) is 0 Å². The molecule has 9 nitrogen and oxygen atoms in total. The number of hydrogen-bond donors (Lipinski definition) is 2. The van der Waals surface area contributed by atoms with Gasteiger partial charge in [-0.25, -0.2) is 16.8 Å². The molecule has 0 aliphatic carbocycles. The summed E-state index contributed by atoms with van der Waals surface area (Å²) < 4.78 is 55.0. The maximum atomic E-state index is 12.6. The molecule has 0 aliphatic heterocycles. The van der Waals surface area contributed by atoms with E-state index in [1.165, 1.54) is 42.5 Å². The van der Waals surface area contributed by atoms with Crippen LogP contribution in [0, 0.1) is 24.0 Å². The quantitative estimate of drug-likeness (QED) is 0.406. The lowest BCUT2D eigenvalue weighted by Crippen LogP contribution is -2.15. The van der Waals surface area contributed by atoms with Crippen LogP contribution in [0.25, 0.3) is 0 Å². The van der Waals surface area contributed by atoms with Crippen molar-refractivity contribution >= 4 is 37.1 Å². The summed E-state index contributed by atoms with van der Waals surface area (Å²) in [5.41, 5.74) is 2.13. The number of nitro benzene ring substituents is 1. The Morgan fingerprint density at radius 2 is 1.29 bits per heavy atom. The molecule has 11 heteroatoms. The summed E-state index contributed by atoms with van der Waals surface area (Å²) in [5.74, 6) is 0. The summed E-state index contributed by atoms with van der Waals surface area (Å²) in [6, 6.07) is 14.9. The lowest BCUT2D eigenvalue weighted by atomic mass is 10.1. The lowest BCUT2D eigenvalue weighted by Gasteiger charge is -2.11. The fraction of sp³-hybridized carbons (Fsp3) is 0.100. The minimum atomic E-state index is -4.09. The van der Waals surface area contributed by atoms with Gasteiger partial charge in [-0.1, -0.05) is 12.1 Å². The molecular formula is C20H19N3O6S2. The molecule has 2 N–H and O–H groups in total. The van der Waals surface area contributed by atoms with Crippen molar-refractivity contribution in [2.45, 2.75) is 23.6 Å². The minimum Gasteiger partial charge on any atom is -0.280 e. The lowest BCUT2D eigenvalue weighted by molar-refractivity contribution is -0.385. The second-order valence-corrected chi connectivity index (χ2v) is 10.2. The summed E-state index contributed by atoms with van der Waals surface area (Å²) in [4.78, 5) is 9.84. The van der Waals surface area contributed by atoms with E-state index in [-0.39, 0.29) is 21.2 Å². The molecule has 0 radical (unpaired) electrons. The van der Waals surface area contributed by atoms with Crippen molar-refractivity contribution in [2.24, 2.45) is 0 Å². The topological polar surface area (TPSA) is 135 Å². The third kappa shape index (κ3) is 5.19. The van der Waals surface area contributed by atoms with E-state index >= 15 is 0 Å². The number of nitrogens with one attached hydrogen (secondary N) is 2. The number of benzene rings is 3. The van der Waals surface area contributed by atoms with Crippen LogP contribution in [-0.2, 0) is 20.0 Å². The first-order chi connectivity index (χ1) is 14.5. The molecule has 0 fully saturated rings. The molecule has 0 unspecified atom stereocenters. The van der Waals surface area contributed by atoms with Gasteiger partial charge in [-0.3, -0.25) is 19.6 Å². The van der Waals surface area contributed by atoms with Crippen LogP contribution in [0.15, 0.2) is 76.5 Å². The van der Waals surface area contributed by atoms with Gasteiger partial charge in [-0.15, -0.1) is 0 Å². The van der Waals surface area contributed by atoms with Crippen LogP contribution in [0.4, 0.5) is 17.1 Å². The average Bonchev–Trinajstić information content (AvgIpc) is 2.71. The van der Waals surface area contributed by atoms with Gasteiger partial charge < -0.3 is 0 Å². The van der Waals surface area contributed by atoms with Gasteiger partial charge in [-0.05, 0) is 67.4 Å². The number of nitrogens with zero attached hydrogens (tertiary/aromatic N) is 1. The summed E-state index contributed by atoms with van der Waals surface area (Å²) >= 11 is 0. The molecule has 3 rings (SSSR count). The standard InChI is InChI=1S/C20H19N3O6S2/c1-14-6-7-17(12-15(14)2)22-30(26,27)19-10-8-16(9-11-19)21-31(28,29)20-5-3-4-18(13-20)23(24)25/h3-13,21-22H,1-2H3. The van der Waals surface area contributed by atoms with Crippen LogP contribution < -0.4 is 9.44 Å². The van der Waals surface area contributed by atoms with E-state index in [1.54, 1.807) is 18.2 Å². The Labute approximate surface area is 180 Å². The summed E-state index contributed by atoms with van der Waals surface area (Å²) in [5, 5.41) is 10.9. The molecule has 0 spiro atoms. The highest BCUT2D eigenvalue weighted by molar-refractivity contribution is 7.93. The molecule has 0 aromatic heterocycles. The van der Waals surface area contributed by atoms with E-state index < -0.39 is 25.0 Å². The maximum Gasteiger partial charge on any atom is 0.270 e. The molecule has 162 valence electrons. The summed E-state index contributed by atoms with van der Waals surface area (Å²) in [6.45, 7) is 3.79. The number of rotatable bonds is 7. The third-order valence-electron chi connectivity index (χ3n) is 4.51. The Balaban J connectivity index is 1.80. The fourth-order valence-corrected chi connectivity index (χ4v) is 4.85. The predicted molar refractivity (Wildman–Crippen MR) is 117 cm³/mol. The van der Waals surface area contributed by atoms with Crippen molar-refractivity contribution < 1.29 is 21.8 Å². The summed E-state index contributed by atoms with van der Waals surface area (Å²) in [7, 11) is -7.97. The monoisotopic (exact) mass is 461 g/mol. The fourth-order valence-electron chi connectivity index (χ4n) is 2.70. The summed E-state index contributed by atoms with van der Waals surface area (Å²) in [6.07, 6.45) is 0. The minimum absolute atomic E-state index is 0.0518. The van der Waals surface area contributed by atoms with Crippen molar-refractivity contribution in [3.05, 3.63) is 88.0 Å². The van der Waals surface area contributed by atoms with Crippen molar-refractivity contribution in [2.75, 3.05) is 9.44 Å². The maximum absolute atomic E-state index is 12.6. The van der Waals surface area contributed by atoms with Gasteiger partial charge in [0.25, 0.3) is 25.7 Å². The van der Waals surface area contributed by atoms with Gasteiger partial charge in [0.05, 0.1) is 14.7 Å². The number of sulfonamides is 2. The molecule has 0 heterocycles. The second kappa shape index (κ2) is 8.36. The van der Waals surface area contributed by atoms with Crippen LogP contribution >= 0.6 is 0 Å². The normalized spacial score (nSPS) is 11.7. The zero-order valence-corrected chi connectivity index (χ0v) is 18.2. The number of anilines is 2. The first-order valence-electron chi connectivity index (χ1n) is 8.95. The van der Waals surface area contributed by atoms with Crippen LogP contribution in [0.3, 0.4) is 0 Å². The average molecular weight is 462 g/mol. The molecule has 0 amide bonds.